The van der Waals surface area contributed by atoms with Crippen molar-refractivity contribution in [2.45, 2.75) is 20.0 Å². The van der Waals surface area contributed by atoms with E-state index in [9.17, 15) is 14.9 Å². The molecule has 0 bridgehead atoms. The zero-order valence-electron chi connectivity index (χ0n) is 18.5. The van der Waals surface area contributed by atoms with Crippen LogP contribution in [-0.2, 0) is 17.8 Å². The molecule has 3 rings (SSSR count). The number of para-hydroxylation sites is 1. The van der Waals surface area contributed by atoms with Gasteiger partial charge in [-0.25, -0.2) is 5.43 Å². The van der Waals surface area contributed by atoms with Crippen molar-refractivity contribution in [3.63, 3.8) is 0 Å². The summed E-state index contributed by atoms with van der Waals surface area (Å²) >= 11 is 18.4. The highest BCUT2D eigenvalue weighted by Crippen LogP contribution is 2.37. The van der Waals surface area contributed by atoms with Crippen molar-refractivity contribution in [3.8, 4) is 11.5 Å². The van der Waals surface area contributed by atoms with Gasteiger partial charge >= 0.3 is 0 Å². The van der Waals surface area contributed by atoms with Crippen LogP contribution in [-0.4, -0.2) is 23.7 Å². The van der Waals surface area contributed by atoms with E-state index in [1.807, 2.05) is 6.92 Å². The molecule has 0 radical (unpaired) electrons. The highest BCUT2D eigenvalue weighted by atomic mass is 35.5. The third-order valence-corrected chi connectivity index (χ3v) is 5.66. The molecule has 0 aliphatic carbocycles. The number of nitrogens with zero attached hydrogens (tertiary/aromatic N) is 2. The average Bonchev–Trinajstić information content (AvgIpc) is 2.81. The van der Waals surface area contributed by atoms with Crippen molar-refractivity contribution in [2.24, 2.45) is 5.10 Å². The predicted molar refractivity (Wildman–Crippen MR) is 136 cm³/mol. The Morgan fingerprint density at radius 3 is 2.54 bits per heavy atom. The van der Waals surface area contributed by atoms with Gasteiger partial charge < -0.3 is 9.47 Å². The molecular weight excluding hydrogens is 517 g/mol. The number of hydrogen-bond acceptors (Lipinski definition) is 6. The first-order valence-corrected chi connectivity index (χ1v) is 11.5. The molecule has 35 heavy (non-hydrogen) atoms. The number of hydrazone groups is 1. The van der Waals surface area contributed by atoms with Gasteiger partial charge in [-0.1, -0.05) is 59.1 Å². The first-order chi connectivity index (χ1) is 16.8. The van der Waals surface area contributed by atoms with E-state index < -0.39 is 10.8 Å². The number of hydrogen-bond donors (Lipinski definition) is 1. The maximum Gasteiger partial charge on any atom is 0.273 e. The van der Waals surface area contributed by atoms with Crippen LogP contribution in [0.4, 0.5) is 5.69 Å². The first kappa shape index (κ1) is 26.3. The average molecular weight is 537 g/mol. The fourth-order valence-electron chi connectivity index (χ4n) is 3.08. The fourth-order valence-corrected chi connectivity index (χ4v) is 3.67. The molecule has 0 saturated heterocycles. The van der Waals surface area contributed by atoms with Crippen LogP contribution in [0.3, 0.4) is 0 Å². The summed E-state index contributed by atoms with van der Waals surface area (Å²) in [6.07, 6.45) is 1.19. The summed E-state index contributed by atoms with van der Waals surface area (Å²) in [4.78, 5) is 22.8. The lowest BCUT2D eigenvalue weighted by Gasteiger charge is -2.14. The van der Waals surface area contributed by atoms with Crippen LogP contribution in [0.2, 0.25) is 15.1 Å². The van der Waals surface area contributed by atoms with Gasteiger partial charge in [0.05, 0.1) is 39.2 Å². The number of halogens is 3. The second kappa shape index (κ2) is 12.4. The summed E-state index contributed by atoms with van der Waals surface area (Å²) in [6.45, 7) is 2.37. The van der Waals surface area contributed by atoms with E-state index in [-0.39, 0.29) is 29.3 Å². The van der Waals surface area contributed by atoms with E-state index in [0.29, 0.717) is 33.7 Å². The number of nitro groups is 1. The maximum absolute atomic E-state index is 12.2. The SMILES string of the molecule is CCOc1cc(/C=N/NC(=O)Cc2ccccc2[N+](=O)[O-])cc(Cl)c1OCc1ccc(Cl)c(Cl)c1. The van der Waals surface area contributed by atoms with Crippen LogP contribution in [0.5, 0.6) is 11.5 Å². The van der Waals surface area contributed by atoms with Crippen molar-refractivity contribution in [1.82, 2.24) is 5.43 Å². The molecule has 0 spiro atoms. The molecule has 1 amide bonds. The van der Waals surface area contributed by atoms with Gasteiger partial charge in [-0.15, -0.1) is 0 Å². The monoisotopic (exact) mass is 535 g/mol. The molecule has 11 heteroatoms. The molecule has 0 saturated carbocycles. The minimum atomic E-state index is -0.533. The summed E-state index contributed by atoms with van der Waals surface area (Å²) in [5.41, 5.74) is 3.86. The normalized spacial score (nSPS) is 10.9. The number of carbonyl (C=O) groups excluding carboxylic acids is 1. The Bertz CT molecular complexity index is 1270. The van der Waals surface area contributed by atoms with Crippen LogP contribution in [0.25, 0.3) is 0 Å². The lowest BCUT2D eigenvalue weighted by atomic mass is 10.1. The number of nitrogens with one attached hydrogen (secondary N) is 1. The van der Waals surface area contributed by atoms with Crippen molar-refractivity contribution in [2.75, 3.05) is 6.61 Å². The molecular formula is C24H20Cl3N3O5. The summed E-state index contributed by atoms with van der Waals surface area (Å²) in [5, 5.41) is 16.2. The number of benzene rings is 3. The van der Waals surface area contributed by atoms with Crippen LogP contribution in [0.1, 0.15) is 23.6 Å². The second-order valence-electron chi connectivity index (χ2n) is 7.16. The predicted octanol–water partition coefficient (Wildman–Crippen LogP) is 6.23. The standard InChI is InChI=1S/C24H20Cl3N3O5/c1-2-34-22-11-16(10-20(27)24(22)35-14-15-7-8-18(25)19(26)9-15)13-28-29-23(31)12-17-5-3-4-6-21(17)30(32)33/h3-11,13H,2,12,14H2,1H3,(H,29,31)/b28-13+. The summed E-state index contributed by atoms with van der Waals surface area (Å²) in [5.74, 6) is 0.234. The van der Waals surface area contributed by atoms with Gasteiger partial charge in [-0.2, -0.15) is 5.10 Å². The van der Waals surface area contributed by atoms with Gasteiger partial charge in [0, 0.05) is 11.6 Å². The fraction of sp³-hybridized carbons (Fsp3) is 0.167. The van der Waals surface area contributed by atoms with Crippen molar-refractivity contribution in [3.05, 3.63) is 96.5 Å². The Labute approximate surface area is 216 Å². The van der Waals surface area contributed by atoms with E-state index in [1.54, 1.807) is 36.4 Å². The number of amides is 1. The Kier molecular flexibility index (Phi) is 9.31. The number of carbonyl (C=O) groups is 1. The second-order valence-corrected chi connectivity index (χ2v) is 8.38. The van der Waals surface area contributed by atoms with Crippen LogP contribution >= 0.6 is 34.8 Å². The zero-order valence-corrected chi connectivity index (χ0v) is 20.7. The van der Waals surface area contributed by atoms with E-state index in [0.717, 1.165) is 5.56 Å². The van der Waals surface area contributed by atoms with E-state index in [4.69, 9.17) is 44.3 Å². The Morgan fingerprint density at radius 2 is 1.83 bits per heavy atom. The Hall–Kier alpha value is -3.33. The molecule has 0 aliphatic heterocycles. The number of rotatable bonds is 10. The molecule has 0 heterocycles. The molecule has 0 aliphatic rings. The van der Waals surface area contributed by atoms with Crippen LogP contribution in [0.15, 0.2) is 59.7 Å². The third-order valence-electron chi connectivity index (χ3n) is 4.64. The summed E-state index contributed by atoms with van der Waals surface area (Å²) in [6, 6.07) is 14.5. The van der Waals surface area contributed by atoms with Crippen LogP contribution < -0.4 is 14.9 Å². The molecule has 182 valence electrons. The largest absolute Gasteiger partial charge is 0.490 e. The van der Waals surface area contributed by atoms with Crippen molar-refractivity contribution < 1.29 is 19.2 Å². The number of ether oxygens (including phenoxy) is 2. The molecule has 0 fully saturated rings. The Morgan fingerprint density at radius 1 is 1.06 bits per heavy atom. The molecule has 1 N–H and O–H groups in total. The molecule has 0 unspecified atom stereocenters. The quantitative estimate of drug-likeness (QED) is 0.188. The van der Waals surface area contributed by atoms with Gasteiger partial charge in [0.2, 0.25) is 5.91 Å². The van der Waals surface area contributed by atoms with E-state index >= 15 is 0 Å². The van der Waals surface area contributed by atoms with E-state index in [2.05, 4.69) is 10.5 Å². The smallest absolute Gasteiger partial charge is 0.273 e. The molecule has 0 atom stereocenters. The van der Waals surface area contributed by atoms with Crippen LogP contribution in [0, 0.1) is 10.1 Å². The van der Waals surface area contributed by atoms with Crippen molar-refractivity contribution >= 4 is 52.6 Å². The molecule has 3 aromatic carbocycles. The molecule has 8 nitrogen and oxygen atoms in total. The van der Waals surface area contributed by atoms with Gasteiger partial charge in [-0.3, -0.25) is 14.9 Å². The van der Waals surface area contributed by atoms with E-state index in [1.165, 1.54) is 24.4 Å². The summed E-state index contributed by atoms with van der Waals surface area (Å²) < 4.78 is 11.5. The lowest BCUT2D eigenvalue weighted by Crippen LogP contribution is -2.20. The van der Waals surface area contributed by atoms with Gasteiger partial charge in [0.1, 0.15) is 6.61 Å². The highest BCUT2D eigenvalue weighted by molar-refractivity contribution is 6.42. The number of nitro benzene ring substituents is 1. The molecule has 3 aromatic rings. The third kappa shape index (κ3) is 7.32. The first-order valence-electron chi connectivity index (χ1n) is 10.4. The molecule has 0 aromatic heterocycles. The lowest BCUT2D eigenvalue weighted by molar-refractivity contribution is -0.385. The highest BCUT2D eigenvalue weighted by Gasteiger charge is 2.16. The van der Waals surface area contributed by atoms with Gasteiger partial charge in [-0.05, 0) is 42.3 Å². The van der Waals surface area contributed by atoms with Crippen molar-refractivity contribution in [1.29, 1.82) is 0 Å². The minimum absolute atomic E-state index is 0.128. The van der Waals surface area contributed by atoms with Gasteiger partial charge in [0.15, 0.2) is 11.5 Å². The maximum atomic E-state index is 12.2. The topological polar surface area (TPSA) is 103 Å². The Balaban J connectivity index is 1.69. The summed E-state index contributed by atoms with van der Waals surface area (Å²) in [7, 11) is 0. The van der Waals surface area contributed by atoms with Gasteiger partial charge in [0.25, 0.3) is 5.69 Å². The minimum Gasteiger partial charge on any atom is -0.490 e. The zero-order chi connectivity index (χ0) is 25.4.